The molecule has 2 aromatic rings. The van der Waals surface area contributed by atoms with Gasteiger partial charge in [-0.15, -0.1) is 11.3 Å². The van der Waals surface area contributed by atoms with Crippen LogP contribution in [0.3, 0.4) is 0 Å². The second-order valence-corrected chi connectivity index (χ2v) is 10.2. The van der Waals surface area contributed by atoms with Crippen LogP contribution in [0.2, 0.25) is 0 Å². The Balaban J connectivity index is 1.59. The number of fused-ring (bicyclic) bond motifs is 1. The molecule has 1 aromatic carbocycles. The van der Waals surface area contributed by atoms with Crippen LogP contribution in [0.1, 0.15) is 60.7 Å². The molecule has 0 radical (unpaired) electrons. The molecule has 1 aliphatic heterocycles. The summed E-state index contributed by atoms with van der Waals surface area (Å²) in [7, 11) is 0. The highest BCUT2D eigenvalue weighted by Crippen LogP contribution is 2.39. The van der Waals surface area contributed by atoms with Gasteiger partial charge in [-0.05, 0) is 66.2 Å². The highest BCUT2D eigenvalue weighted by Gasteiger charge is 2.35. The summed E-state index contributed by atoms with van der Waals surface area (Å²) in [6.07, 6.45) is 3.75. The van der Waals surface area contributed by atoms with Gasteiger partial charge >= 0.3 is 0 Å². The average Bonchev–Trinajstić information content (AvgIpc) is 3.39. The summed E-state index contributed by atoms with van der Waals surface area (Å²) in [5.74, 6) is 1.06. The number of thiophene rings is 1. The smallest absolute Gasteiger partial charge is 0.242 e. The predicted octanol–water partition coefficient (Wildman–Crippen LogP) is 4.82. The Kier molecular flexibility index (Phi) is 6.28. The quantitative estimate of drug-likeness (QED) is 0.640. The van der Waals surface area contributed by atoms with Crippen molar-refractivity contribution >= 4 is 23.2 Å². The lowest BCUT2D eigenvalue weighted by atomic mass is 9.90. The summed E-state index contributed by atoms with van der Waals surface area (Å²) >= 11 is 1.78. The number of hydrogen-bond donors (Lipinski definition) is 0. The molecule has 1 saturated carbocycles. The van der Waals surface area contributed by atoms with E-state index in [1.807, 2.05) is 15.9 Å². The molecule has 2 amide bonds. The van der Waals surface area contributed by atoms with Crippen molar-refractivity contribution in [3.63, 3.8) is 0 Å². The number of benzene rings is 1. The number of rotatable bonds is 7. The van der Waals surface area contributed by atoms with Crippen LogP contribution in [0.5, 0.6) is 0 Å². The molecule has 0 spiro atoms. The van der Waals surface area contributed by atoms with Gasteiger partial charge in [-0.3, -0.25) is 9.59 Å². The Bertz CT molecular complexity index is 915. The van der Waals surface area contributed by atoms with Crippen molar-refractivity contribution in [3.05, 3.63) is 57.3 Å². The van der Waals surface area contributed by atoms with Gasteiger partial charge in [0, 0.05) is 24.4 Å². The molecule has 0 bridgehead atoms. The first-order chi connectivity index (χ1) is 14.4. The third-order valence-corrected chi connectivity index (χ3v) is 7.20. The van der Waals surface area contributed by atoms with E-state index in [4.69, 9.17) is 0 Å². The minimum Gasteiger partial charge on any atom is -0.333 e. The lowest BCUT2D eigenvalue weighted by molar-refractivity contribution is -0.142. The van der Waals surface area contributed by atoms with Gasteiger partial charge in [-0.25, -0.2) is 0 Å². The Labute approximate surface area is 183 Å². The summed E-state index contributed by atoms with van der Waals surface area (Å²) in [6, 6.07) is 10.5. The summed E-state index contributed by atoms with van der Waals surface area (Å²) in [5, 5.41) is 2.13. The highest BCUT2D eigenvalue weighted by atomic mass is 32.1. The first-order valence-corrected chi connectivity index (χ1v) is 12.0. The van der Waals surface area contributed by atoms with Crippen LogP contribution >= 0.6 is 11.3 Å². The molecule has 4 rings (SSSR count). The van der Waals surface area contributed by atoms with Crippen LogP contribution in [0.4, 0.5) is 0 Å². The van der Waals surface area contributed by atoms with Crippen LogP contribution in [-0.2, 0) is 16.0 Å². The maximum atomic E-state index is 13.6. The summed E-state index contributed by atoms with van der Waals surface area (Å²) in [5.41, 5.74) is 3.63. The van der Waals surface area contributed by atoms with E-state index in [9.17, 15) is 9.59 Å². The summed E-state index contributed by atoms with van der Waals surface area (Å²) in [6.45, 7) is 7.87. The first-order valence-electron chi connectivity index (χ1n) is 11.1. The van der Waals surface area contributed by atoms with Crippen molar-refractivity contribution in [2.75, 3.05) is 19.6 Å². The van der Waals surface area contributed by atoms with E-state index in [0.717, 1.165) is 13.0 Å². The Morgan fingerprint density at radius 2 is 1.93 bits per heavy atom. The largest absolute Gasteiger partial charge is 0.333 e. The van der Waals surface area contributed by atoms with Crippen molar-refractivity contribution in [2.24, 2.45) is 11.8 Å². The fraction of sp³-hybridized carbons (Fsp3) is 0.520. The topological polar surface area (TPSA) is 40.6 Å². The van der Waals surface area contributed by atoms with Gasteiger partial charge in [0.15, 0.2) is 0 Å². The van der Waals surface area contributed by atoms with Crippen molar-refractivity contribution in [3.8, 4) is 0 Å². The average molecular weight is 425 g/mol. The molecule has 0 unspecified atom stereocenters. The Hall–Kier alpha value is -2.14. The van der Waals surface area contributed by atoms with Crippen LogP contribution < -0.4 is 0 Å². The lowest BCUT2D eigenvalue weighted by Gasteiger charge is -2.38. The molecule has 1 aliphatic carbocycles. The number of aryl methyl sites for hydroxylation is 1. The highest BCUT2D eigenvalue weighted by molar-refractivity contribution is 7.10. The monoisotopic (exact) mass is 424 g/mol. The summed E-state index contributed by atoms with van der Waals surface area (Å²) < 4.78 is 0. The molecule has 2 heterocycles. The SMILES string of the molecule is Cc1ccccc1[C@@H]1c2ccsc2CCN1C(=O)CN(CC1CC1)C(=O)CC(C)C. The fourth-order valence-electron chi connectivity index (χ4n) is 4.41. The Morgan fingerprint density at radius 3 is 2.63 bits per heavy atom. The molecule has 1 aromatic heterocycles. The van der Waals surface area contributed by atoms with Crippen LogP contribution in [0.15, 0.2) is 35.7 Å². The predicted molar refractivity (Wildman–Crippen MR) is 122 cm³/mol. The zero-order valence-corrected chi connectivity index (χ0v) is 19.1. The van der Waals surface area contributed by atoms with Gasteiger partial charge in [0.1, 0.15) is 0 Å². The van der Waals surface area contributed by atoms with Crippen LogP contribution in [0.25, 0.3) is 0 Å². The standard InChI is InChI=1S/C25H32N2O2S/c1-17(2)14-23(28)26(15-19-8-9-19)16-24(29)27-12-10-22-21(11-13-30-22)25(27)20-7-5-4-6-18(20)3/h4-7,11,13,17,19,25H,8-10,12,14-16H2,1-3H3/t25-/m1/s1. The molecule has 2 aliphatic rings. The zero-order valence-electron chi connectivity index (χ0n) is 18.3. The maximum Gasteiger partial charge on any atom is 0.242 e. The van der Waals surface area contributed by atoms with Gasteiger partial charge in [0.2, 0.25) is 11.8 Å². The third kappa shape index (κ3) is 4.61. The van der Waals surface area contributed by atoms with E-state index < -0.39 is 0 Å². The number of carbonyl (C=O) groups excluding carboxylic acids is 2. The molecule has 160 valence electrons. The first kappa shape index (κ1) is 21.1. The molecule has 4 nitrogen and oxygen atoms in total. The van der Waals surface area contributed by atoms with Gasteiger partial charge in [-0.2, -0.15) is 0 Å². The molecule has 1 fully saturated rings. The van der Waals surface area contributed by atoms with Crippen LogP contribution in [-0.4, -0.2) is 41.2 Å². The van der Waals surface area contributed by atoms with Crippen molar-refractivity contribution in [2.45, 2.75) is 52.5 Å². The minimum atomic E-state index is -0.0586. The summed E-state index contributed by atoms with van der Waals surface area (Å²) in [4.78, 5) is 31.6. The van der Waals surface area contributed by atoms with Gasteiger partial charge in [-0.1, -0.05) is 38.1 Å². The number of amides is 2. The normalized spacial score (nSPS) is 18.4. The second kappa shape index (κ2) is 8.93. The minimum absolute atomic E-state index is 0.0586. The van der Waals surface area contributed by atoms with Gasteiger partial charge in [0.05, 0.1) is 12.6 Å². The molecule has 1 atom stereocenters. The fourth-order valence-corrected chi connectivity index (χ4v) is 5.32. The zero-order chi connectivity index (χ0) is 21.3. The number of nitrogens with zero attached hydrogens (tertiary/aromatic N) is 2. The van der Waals surface area contributed by atoms with E-state index in [1.54, 1.807) is 11.3 Å². The van der Waals surface area contributed by atoms with Gasteiger partial charge in [0.25, 0.3) is 0 Å². The van der Waals surface area contributed by atoms with Crippen LogP contribution in [0, 0.1) is 18.8 Å². The van der Waals surface area contributed by atoms with E-state index in [1.165, 1.54) is 34.4 Å². The number of carbonyl (C=O) groups is 2. The van der Waals surface area contributed by atoms with Gasteiger partial charge < -0.3 is 9.80 Å². The number of hydrogen-bond acceptors (Lipinski definition) is 3. The van der Waals surface area contributed by atoms with Crippen molar-refractivity contribution < 1.29 is 9.59 Å². The molecule has 30 heavy (non-hydrogen) atoms. The van der Waals surface area contributed by atoms with E-state index in [2.05, 4.69) is 50.4 Å². The molecular weight excluding hydrogens is 392 g/mol. The lowest BCUT2D eigenvalue weighted by Crippen LogP contribution is -2.47. The van der Waals surface area contributed by atoms with Crippen molar-refractivity contribution in [1.82, 2.24) is 9.80 Å². The molecule has 0 N–H and O–H groups in total. The molecule has 5 heteroatoms. The second-order valence-electron chi connectivity index (χ2n) is 9.21. The van der Waals surface area contributed by atoms with E-state index in [0.29, 0.717) is 24.8 Å². The molecule has 0 saturated heterocycles. The maximum absolute atomic E-state index is 13.6. The van der Waals surface area contributed by atoms with E-state index >= 15 is 0 Å². The molecular formula is C25H32N2O2S. The third-order valence-electron chi connectivity index (χ3n) is 6.21. The van der Waals surface area contributed by atoms with Crippen molar-refractivity contribution in [1.29, 1.82) is 0 Å². The van der Waals surface area contributed by atoms with E-state index in [-0.39, 0.29) is 24.4 Å². The Morgan fingerprint density at radius 1 is 1.17 bits per heavy atom.